The van der Waals surface area contributed by atoms with Crippen LogP contribution in [0.1, 0.15) is 58.3 Å². The summed E-state index contributed by atoms with van der Waals surface area (Å²) in [5.41, 5.74) is -0.0345. The fourth-order valence-corrected chi connectivity index (χ4v) is 4.66. The van der Waals surface area contributed by atoms with Gasteiger partial charge in [0.15, 0.2) is 0 Å². The van der Waals surface area contributed by atoms with Crippen LogP contribution in [0.15, 0.2) is 0 Å². The minimum Gasteiger partial charge on any atom is -0.481 e. The van der Waals surface area contributed by atoms with E-state index >= 15 is 0 Å². The minimum absolute atomic E-state index is 0.0345. The molecule has 2 aliphatic heterocycles. The molecule has 2 amide bonds. The molecule has 0 aromatic carbocycles. The number of carbonyl (C=O) groups excluding carboxylic acids is 1. The number of carboxylic acid groups (broad SMARTS) is 1. The molecule has 2 N–H and O–H groups in total. The Balaban J connectivity index is 1.56. The smallest absolute Gasteiger partial charge is 0.317 e. The van der Waals surface area contributed by atoms with Crippen LogP contribution in [0, 0.1) is 11.8 Å². The number of carbonyl (C=O) groups is 2. The maximum atomic E-state index is 12.6. The molecule has 0 aromatic rings. The zero-order valence-electron chi connectivity index (χ0n) is 14.6. The van der Waals surface area contributed by atoms with E-state index in [4.69, 9.17) is 4.74 Å². The number of hydrogen-bond acceptors (Lipinski definition) is 3. The van der Waals surface area contributed by atoms with Gasteiger partial charge in [-0.05, 0) is 38.0 Å². The number of nitrogens with one attached hydrogen (secondary N) is 1. The Morgan fingerprint density at radius 3 is 2.67 bits per heavy atom. The van der Waals surface area contributed by atoms with E-state index in [1.165, 1.54) is 19.3 Å². The van der Waals surface area contributed by atoms with Gasteiger partial charge in [0, 0.05) is 25.7 Å². The maximum Gasteiger partial charge on any atom is 0.317 e. The number of amides is 2. The van der Waals surface area contributed by atoms with Crippen molar-refractivity contribution < 1.29 is 19.4 Å². The van der Waals surface area contributed by atoms with E-state index in [0.717, 1.165) is 25.7 Å². The molecular formula is C18H30N2O4. The van der Waals surface area contributed by atoms with E-state index in [2.05, 4.69) is 5.32 Å². The zero-order chi connectivity index (χ0) is 17.2. The van der Waals surface area contributed by atoms with Crippen LogP contribution in [0.4, 0.5) is 4.79 Å². The molecule has 3 atom stereocenters. The molecule has 3 unspecified atom stereocenters. The lowest BCUT2D eigenvalue weighted by Gasteiger charge is -2.44. The summed E-state index contributed by atoms with van der Waals surface area (Å²) in [5, 5.41) is 12.4. The van der Waals surface area contributed by atoms with Gasteiger partial charge in [-0.15, -0.1) is 0 Å². The van der Waals surface area contributed by atoms with Crippen molar-refractivity contribution in [1.82, 2.24) is 10.2 Å². The van der Waals surface area contributed by atoms with Crippen molar-refractivity contribution in [1.29, 1.82) is 0 Å². The molecule has 3 fully saturated rings. The van der Waals surface area contributed by atoms with Crippen LogP contribution < -0.4 is 5.32 Å². The first-order chi connectivity index (χ1) is 11.5. The first-order valence-corrected chi connectivity index (χ1v) is 9.40. The number of rotatable bonds is 2. The van der Waals surface area contributed by atoms with Crippen molar-refractivity contribution in [2.45, 2.75) is 69.9 Å². The van der Waals surface area contributed by atoms with Gasteiger partial charge in [0.1, 0.15) is 0 Å². The average molecular weight is 338 g/mol. The molecule has 24 heavy (non-hydrogen) atoms. The molecule has 2 saturated heterocycles. The second kappa shape index (κ2) is 7.30. The van der Waals surface area contributed by atoms with Crippen LogP contribution >= 0.6 is 0 Å². The Hall–Kier alpha value is -1.30. The highest BCUT2D eigenvalue weighted by atomic mass is 16.5. The molecular weight excluding hydrogens is 308 g/mol. The van der Waals surface area contributed by atoms with Gasteiger partial charge in [-0.2, -0.15) is 0 Å². The summed E-state index contributed by atoms with van der Waals surface area (Å²) in [7, 11) is 0. The third-order valence-corrected chi connectivity index (χ3v) is 5.88. The molecule has 0 bridgehead atoms. The third-order valence-electron chi connectivity index (χ3n) is 5.88. The van der Waals surface area contributed by atoms with Crippen molar-refractivity contribution >= 4 is 12.0 Å². The fraction of sp³-hybridized carbons (Fsp3) is 0.889. The Morgan fingerprint density at radius 1 is 1.21 bits per heavy atom. The van der Waals surface area contributed by atoms with Gasteiger partial charge in [-0.3, -0.25) is 4.79 Å². The van der Waals surface area contributed by atoms with Gasteiger partial charge in [0.05, 0.1) is 11.5 Å². The maximum absolute atomic E-state index is 12.6. The van der Waals surface area contributed by atoms with E-state index in [9.17, 15) is 14.7 Å². The highest BCUT2D eigenvalue weighted by Gasteiger charge is 2.40. The predicted octanol–water partition coefficient (Wildman–Crippen LogP) is 2.62. The number of piperidine rings is 1. The minimum atomic E-state index is -0.799. The summed E-state index contributed by atoms with van der Waals surface area (Å²) >= 11 is 0. The first kappa shape index (κ1) is 17.5. The van der Waals surface area contributed by atoms with Crippen LogP contribution in [0.2, 0.25) is 0 Å². The lowest BCUT2D eigenvalue weighted by molar-refractivity contribution is -0.143. The summed E-state index contributed by atoms with van der Waals surface area (Å²) in [5.74, 6) is -1.02. The standard InChI is InChI=1S/C18H30N2O4/c1-13-9-14(16(21)22)12-20(11-13)17(23)19-15-5-8-24-18(10-15)6-3-2-4-7-18/h13-15H,2-12H2,1H3,(H,19,23)(H,21,22). The molecule has 3 rings (SSSR count). The van der Waals surface area contributed by atoms with Gasteiger partial charge >= 0.3 is 12.0 Å². The quantitative estimate of drug-likeness (QED) is 0.811. The summed E-state index contributed by atoms with van der Waals surface area (Å²) in [6, 6.07) is 0.0375. The molecule has 136 valence electrons. The number of ether oxygens (including phenoxy) is 1. The zero-order valence-corrected chi connectivity index (χ0v) is 14.6. The number of likely N-dealkylation sites (tertiary alicyclic amines) is 1. The number of nitrogens with zero attached hydrogens (tertiary/aromatic N) is 1. The van der Waals surface area contributed by atoms with Crippen molar-refractivity contribution in [3.05, 3.63) is 0 Å². The Labute approximate surface area is 143 Å². The average Bonchev–Trinajstić information content (AvgIpc) is 2.55. The lowest BCUT2D eigenvalue weighted by Crippen LogP contribution is -2.55. The van der Waals surface area contributed by atoms with Gasteiger partial charge in [0.2, 0.25) is 0 Å². The van der Waals surface area contributed by atoms with Crippen molar-refractivity contribution in [3.63, 3.8) is 0 Å². The lowest BCUT2D eigenvalue weighted by atomic mass is 9.78. The highest BCUT2D eigenvalue weighted by molar-refractivity contribution is 5.76. The molecule has 1 spiro atoms. The predicted molar refractivity (Wildman–Crippen MR) is 89.8 cm³/mol. The van der Waals surface area contributed by atoms with E-state index in [0.29, 0.717) is 26.1 Å². The number of hydrogen-bond donors (Lipinski definition) is 2. The van der Waals surface area contributed by atoms with Gasteiger partial charge in [0.25, 0.3) is 0 Å². The second-order valence-electron chi connectivity index (χ2n) is 8.01. The van der Waals surface area contributed by atoms with Crippen molar-refractivity contribution in [2.75, 3.05) is 19.7 Å². The molecule has 3 aliphatic rings. The summed E-state index contributed by atoms with van der Waals surface area (Å²) in [6.45, 7) is 3.68. The van der Waals surface area contributed by atoms with Gasteiger partial charge in [-0.25, -0.2) is 4.79 Å². The normalized spacial score (nSPS) is 33.2. The van der Waals surface area contributed by atoms with E-state index in [1.54, 1.807) is 4.90 Å². The van der Waals surface area contributed by atoms with Crippen LogP contribution in [0.5, 0.6) is 0 Å². The monoisotopic (exact) mass is 338 g/mol. The summed E-state index contributed by atoms with van der Waals surface area (Å²) < 4.78 is 6.09. The SMILES string of the molecule is CC1CC(C(=O)O)CN(C(=O)NC2CCOC3(CCCCC3)C2)C1. The van der Waals surface area contributed by atoms with Crippen LogP contribution in [-0.2, 0) is 9.53 Å². The molecule has 6 heteroatoms. The Bertz CT molecular complexity index is 470. The summed E-state index contributed by atoms with van der Waals surface area (Å²) in [4.78, 5) is 25.6. The van der Waals surface area contributed by atoms with Gasteiger partial charge < -0.3 is 20.1 Å². The molecule has 1 saturated carbocycles. The van der Waals surface area contributed by atoms with Crippen molar-refractivity contribution in [3.8, 4) is 0 Å². The molecule has 0 radical (unpaired) electrons. The van der Waals surface area contributed by atoms with Gasteiger partial charge in [-0.1, -0.05) is 26.2 Å². The number of carboxylic acids is 1. The molecule has 6 nitrogen and oxygen atoms in total. The van der Waals surface area contributed by atoms with E-state index in [1.807, 2.05) is 6.92 Å². The van der Waals surface area contributed by atoms with Crippen LogP contribution in [0.3, 0.4) is 0 Å². The number of urea groups is 1. The highest BCUT2D eigenvalue weighted by Crippen LogP contribution is 2.38. The van der Waals surface area contributed by atoms with Crippen LogP contribution in [0.25, 0.3) is 0 Å². The van der Waals surface area contributed by atoms with E-state index in [-0.39, 0.29) is 23.6 Å². The fourth-order valence-electron chi connectivity index (χ4n) is 4.66. The van der Waals surface area contributed by atoms with Crippen molar-refractivity contribution in [2.24, 2.45) is 11.8 Å². The number of aliphatic carboxylic acids is 1. The first-order valence-electron chi connectivity index (χ1n) is 9.40. The van der Waals surface area contributed by atoms with E-state index < -0.39 is 11.9 Å². The largest absolute Gasteiger partial charge is 0.481 e. The second-order valence-corrected chi connectivity index (χ2v) is 8.01. The molecule has 1 aliphatic carbocycles. The molecule has 0 aromatic heterocycles. The Kier molecular flexibility index (Phi) is 5.33. The topological polar surface area (TPSA) is 78.9 Å². The third kappa shape index (κ3) is 4.02. The molecule has 2 heterocycles. The Morgan fingerprint density at radius 2 is 1.96 bits per heavy atom. The van der Waals surface area contributed by atoms with Crippen LogP contribution in [-0.4, -0.2) is 53.3 Å². The summed E-state index contributed by atoms with van der Waals surface area (Å²) in [6.07, 6.45) is 8.30.